The van der Waals surface area contributed by atoms with E-state index in [9.17, 15) is 0 Å². The average Bonchev–Trinajstić information content (AvgIpc) is 3.24. The van der Waals surface area contributed by atoms with Crippen LogP contribution < -0.4 is 5.32 Å². The molecule has 1 N–H and O–H groups in total. The van der Waals surface area contributed by atoms with Crippen LogP contribution in [0, 0.1) is 0 Å². The molecule has 0 amide bonds. The molecule has 4 rings (SSSR count). The second kappa shape index (κ2) is 5.53. The minimum atomic E-state index is 0.625. The molecule has 0 aliphatic rings. The summed E-state index contributed by atoms with van der Waals surface area (Å²) in [4.78, 5) is 13.0. The molecule has 0 aliphatic carbocycles. The van der Waals surface area contributed by atoms with Crippen molar-refractivity contribution in [3.8, 4) is 11.3 Å². The minimum absolute atomic E-state index is 0.625. The monoisotopic (exact) mass is 306 g/mol. The third-order valence-electron chi connectivity index (χ3n) is 3.63. The van der Waals surface area contributed by atoms with E-state index < -0.39 is 0 Å². The van der Waals surface area contributed by atoms with Crippen molar-refractivity contribution in [3.05, 3.63) is 55.0 Å². The lowest BCUT2D eigenvalue weighted by Gasteiger charge is -2.06. The summed E-state index contributed by atoms with van der Waals surface area (Å²) >= 11 is 0. The summed E-state index contributed by atoms with van der Waals surface area (Å²) in [5.74, 6) is 0.766. The fraction of sp³-hybridized carbons (Fsp3) is 0.125. The van der Waals surface area contributed by atoms with Crippen molar-refractivity contribution < 1.29 is 4.42 Å². The topological polar surface area (TPSA) is 81.7 Å². The van der Waals surface area contributed by atoms with E-state index in [2.05, 4.69) is 25.4 Å². The molecule has 7 heteroatoms. The normalized spacial score (nSPS) is 11.0. The van der Waals surface area contributed by atoms with Crippen molar-refractivity contribution in [2.45, 2.75) is 6.54 Å². The summed E-state index contributed by atoms with van der Waals surface area (Å²) in [5, 5.41) is 8.41. The van der Waals surface area contributed by atoms with E-state index in [0.717, 1.165) is 33.7 Å². The van der Waals surface area contributed by atoms with E-state index in [4.69, 9.17) is 4.42 Å². The number of nitrogens with zero attached hydrogens (tertiary/aromatic N) is 5. The standard InChI is InChI=1S/C16H14N6O/c1-22-16-13(8-21-22)15(19-10-20-16)18-7-11-2-3-14(17-6-11)12-4-5-23-9-12/h2-6,8-10H,7H2,1H3,(H,18,19,20). The highest BCUT2D eigenvalue weighted by Gasteiger charge is 2.07. The van der Waals surface area contributed by atoms with Crippen LogP contribution in [-0.4, -0.2) is 24.7 Å². The first-order chi connectivity index (χ1) is 11.3. The van der Waals surface area contributed by atoms with Crippen LogP contribution in [0.2, 0.25) is 0 Å². The number of nitrogens with one attached hydrogen (secondary N) is 1. The van der Waals surface area contributed by atoms with Crippen molar-refractivity contribution >= 4 is 16.9 Å². The summed E-state index contributed by atoms with van der Waals surface area (Å²) in [6.45, 7) is 0.625. The van der Waals surface area contributed by atoms with Gasteiger partial charge in [0.25, 0.3) is 0 Å². The Morgan fingerprint density at radius 3 is 2.87 bits per heavy atom. The first kappa shape index (κ1) is 13.4. The average molecular weight is 306 g/mol. The maximum atomic E-state index is 5.07. The van der Waals surface area contributed by atoms with E-state index in [1.807, 2.05) is 31.4 Å². The summed E-state index contributed by atoms with van der Waals surface area (Å²) in [5.41, 5.74) is 3.72. The first-order valence-corrected chi connectivity index (χ1v) is 7.15. The Morgan fingerprint density at radius 2 is 2.09 bits per heavy atom. The van der Waals surface area contributed by atoms with E-state index in [0.29, 0.717) is 6.54 Å². The summed E-state index contributed by atoms with van der Waals surface area (Å²) in [6.07, 6.45) is 8.46. The Kier molecular flexibility index (Phi) is 3.23. The second-order valence-electron chi connectivity index (χ2n) is 5.15. The molecule has 0 aliphatic heterocycles. The van der Waals surface area contributed by atoms with Crippen LogP contribution in [0.1, 0.15) is 5.56 Å². The van der Waals surface area contributed by atoms with Crippen molar-refractivity contribution in [1.29, 1.82) is 0 Å². The number of rotatable bonds is 4. The molecule has 23 heavy (non-hydrogen) atoms. The largest absolute Gasteiger partial charge is 0.472 e. The van der Waals surface area contributed by atoms with E-state index in [1.165, 1.54) is 6.33 Å². The maximum absolute atomic E-state index is 5.07. The summed E-state index contributed by atoms with van der Waals surface area (Å²) < 4.78 is 6.80. The summed E-state index contributed by atoms with van der Waals surface area (Å²) in [6, 6.07) is 5.89. The molecular formula is C16H14N6O. The van der Waals surface area contributed by atoms with Crippen LogP contribution in [0.15, 0.2) is 53.9 Å². The molecule has 0 radical (unpaired) electrons. The molecule has 7 nitrogen and oxygen atoms in total. The van der Waals surface area contributed by atoms with Gasteiger partial charge in [-0.05, 0) is 17.7 Å². The molecule has 0 bridgehead atoms. The number of hydrogen-bond donors (Lipinski definition) is 1. The number of pyridine rings is 1. The first-order valence-electron chi connectivity index (χ1n) is 7.15. The highest BCUT2D eigenvalue weighted by Crippen LogP contribution is 2.20. The van der Waals surface area contributed by atoms with E-state index >= 15 is 0 Å². The van der Waals surface area contributed by atoms with Crippen LogP contribution in [0.25, 0.3) is 22.3 Å². The second-order valence-corrected chi connectivity index (χ2v) is 5.15. The lowest BCUT2D eigenvalue weighted by atomic mass is 10.2. The van der Waals surface area contributed by atoms with Gasteiger partial charge in [0.05, 0.1) is 29.8 Å². The highest BCUT2D eigenvalue weighted by atomic mass is 16.3. The zero-order chi connectivity index (χ0) is 15.6. The van der Waals surface area contributed by atoms with Gasteiger partial charge < -0.3 is 9.73 Å². The predicted octanol–water partition coefficient (Wildman–Crippen LogP) is 2.63. The van der Waals surface area contributed by atoms with Gasteiger partial charge in [0.1, 0.15) is 12.1 Å². The fourth-order valence-corrected chi connectivity index (χ4v) is 2.40. The molecule has 0 atom stereocenters. The molecule has 0 fully saturated rings. The Labute approximate surface area is 132 Å². The van der Waals surface area contributed by atoms with Crippen molar-refractivity contribution in [1.82, 2.24) is 24.7 Å². The SMILES string of the molecule is Cn1ncc2c(NCc3ccc(-c4ccoc4)nc3)ncnc21. The molecule has 0 aromatic carbocycles. The van der Waals surface area contributed by atoms with Crippen LogP contribution in [0.4, 0.5) is 5.82 Å². The van der Waals surface area contributed by atoms with Gasteiger partial charge >= 0.3 is 0 Å². The van der Waals surface area contributed by atoms with E-state index in [1.54, 1.807) is 23.4 Å². The smallest absolute Gasteiger partial charge is 0.163 e. The van der Waals surface area contributed by atoms with Crippen molar-refractivity contribution in [3.63, 3.8) is 0 Å². The van der Waals surface area contributed by atoms with Gasteiger partial charge in [-0.1, -0.05) is 6.07 Å². The number of fused-ring (bicyclic) bond motifs is 1. The van der Waals surface area contributed by atoms with Crippen LogP contribution in [0.3, 0.4) is 0 Å². The van der Waals surface area contributed by atoms with Gasteiger partial charge in [-0.15, -0.1) is 0 Å². The predicted molar refractivity (Wildman–Crippen MR) is 85.6 cm³/mol. The Morgan fingerprint density at radius 1 is 1.13 bits per heavy atom. The quantitative estimate of drug-likeness (QED) is 0.624. The lowest BCUT2D eigenvalue weighted by molar-refractivity contribution is 0.568. The van der Waals surface area contributed by atoms with E-state index in [-0.39, 0.29) is 0 Å². The van der Waals surface area contributed by atoms with Gasteiger partial charge in [0, 0.05) is 25.4 Å². The molecule has 0 saturated heterocycles. The molecule has 4 aromatic heterocycles. The lowest BCUT2D eigenvalue weighted by Crippen LogP contribution is -2.03. The highest BCUT2D eigenvalue weighted by molar-refractivity contribution is 5.85. The Hall–Kier alpha value is -3.22. The van der Waals surface area contributed by atoms with Gasteiger partial charge in [-0.25, -0.2) is 9.97 Å². The molecule has 4 aromatic rings. The van der Waals surface area contributed by atoms with Gasteiger partial charge in [-0.2, -0.15) is 5.10 Å². The number of furan rings is 1. The summed E-state index contributed by atoms with van der Waals surface area (Å²) in [7, 11) is 1.86. The Bertz CT molecular complexity index is 927. The molecule has 0 saturated carbocycles. The van der Waals surface area contributed by atoms with Crippen molar-refractivity contribution in [2.24, 2.45) is 7.05 Å². The fourth-order valence-electron chi connectivity index (χ4n) is 2.40. The zero-order valence-electron chi connectivity index (χ0n) is 12.5. The minimum Gasteiger partial charge on any atom is -0.472 e. The molecule has 0 spiro atoms. The number of hydrogen-bond acceptors (Lipinski definition) is 6. The molecular weight excluding hydrogens is 292 g/mol. The third kappa shape index (κ3) is 2.52. The van der Waals surface area contributed by atoms with Crippen molar-refractivity contribution in [2.75, 3.05) is 5.32 Å². The number of aromatic nitrogens is 5. The maximum Gasteiger partial charge on any atom is 0.163 e. The third-order valence-corrected chi connectivity index (χ3v) is 3.63. The van der Waals surface area contributed by atoms with Crippen LogP contribution in [-0.2, 0) is 13.6 Å². The van der Waals surface area contributed by atoms with Crippen LogP contribution in [0.5, 0.6) is 0 Å². The van der Waals surface area contributed by atoms with Gasteiger partial charge in [-0.3, -0.25) is 9.67 Å². The molecule has 114 valence electrons. The molecule has 0 unspecified atom stereocenters. The molecule has 4 heterocycles. The number of aryl methyl sites for hydroxylation is 1. The van der Waals surface area contributed by atoms with Gasteiger partial charge in [0.2, 0.25) is 0 Å². The van der Waals surface area contributed by atoms with Gasteiger partial charge in [0.15, 0.2) is 5.65 Å². The van der Waals surface area contributed by atoms with Crippen LogP contribution >= 0.6 is 0 Å². The zero-order valence-corrected chi connectivity index (χ0v) is 12.5. The number of anilines is 1. The Balaban J connectivity index is 1.52.